The zero-order valence-corrected chi connectivity index (χ0v) is 8.00. The molecule has 0 spiro atoms. The lowest BCUT2D eigenvalue weighted by molar-refractivity contribution is 0.0102. The highest BCUT2D eigenvalue weighted by Gasteiger charge is 2.45. The van der Waals surface area contributed by atoms with Gasteiger partial charge in [0.15, 0.2) is 0 Å². The van der Waals surface area contributed by atoms with Crippen molar-refractivity contribution < 1.29 is 5.11 Å². The fourth-order valence-electron chi connectivity index (χ4n) is 3.11. The SMILES string of the molecule is N#C[C@]12CCCC[C@@H]1CC[C@@H](O)C2. The van der Waals surface area contributed by atoms with Crippen LogP contribution in [0.5, 0.6) is 0 Å². The van der Waals surface area contributed by atoms with E-state index in [4.69, 9.17) is 0 Å². The summed E-state index contributed by atoms with van der Waals surface area (Å²) in [4.78, 5) is 0. The molecule has 0 heterocycles. The van der Waals surface area contributed by atoms with Crippen LogP contribution in [0.25, 0.3) is 0 Å². The molecule has 2 rings (SSSR count). The molecule has 0 radical (unpaired) electrons. The highest BCUT2D eigenvalue weighted by molar-refractivity contribution is 5.07. The monoisotopic (exact) mass is 179 g/mol. The molecular formula is C11H17NO. The summed E-state index contributed by atoms with van der Waals surface area (Å²) in [6.45, 7) is 0. The minimum atomic E-state index is -0.214. The average molecular weight is 179 g/mol. The summed E-state index contributed by atoms with van der Waals surface area (Å²) in [6.07, 6.45) is 7.18. The molecule has 0 saturated heterocycles. The first-order valence-electron chi connectivity index (χ1n) is 5.36. The van der Waals surface area contributed by atoms with E-state index in [0.29, 0.717) is 5.92 Å². The Morgan fingerprint density at radius 1 is 1.23 bits per heavy atom. The second-order valence-electron chi connectivity index (χ2n) is 4.65. The first-order valence-corrected chi connectivity index (χ1v) is 5.36. The Labute approximate surface area is 79.6 Å². The third-order valence-corrected chi connectivity index (χ3v) is 3.88. The minimum absolute atomic E-state index is 0.157. The number of hydrogen-bond acceptors (Lipinski definition) is 2. The van der Waals surface area contributed by atoms with Gasteiger partial charge in [-0.2, -0.15) is 5.26 Å². The van der Waals surface area contributed by atoms with Crippen LogP contribution in [0.15, 0.2) is 0 Å². The third kappa shape index (κ3) is 1.46. The quantitative estimate of drug-likeness (QED) is 0.619. The van der Waals surface area contributed by atoms with Crippen LogP contribution < -0.4 is 0 Å². The topological polar surface area (TPSA) is 44.0 Å². The van der Waals surface area contributed by atoms with E-state index in [0.717, 1.165) is 25.7 Å². The van der Waals surface area contributed by atoms with Crippen LogP contribution in [0.3, 0.4) is 0 Å². The summed E-state index contributed by atoms with van der Waals surface area (Å²) in [5.41, 5.74) is -0.157. The fraction of sp³-hybridized carbons (Fsp3) is 0.909. The van der Waals surface area contributed by atoms with Gasteiger partial charge in [0, 0.05) is 0 Å². The van der Waals surface area contributed by atoms with Gasteiger partial charge in [0.25, 0.3) is 0 Å². The molecule has 3 atom stereocenters. The Kier molecular flexibility index (Phi) is 2.29. The molecule has 2 fully saturated rings. The standard InChI is InChI=1S/C11H17NO/c12-8-11-6-2-1-3-9(11)4-5-10(13)7-11/h9-10,13H,1-7H2/t9-,10-,11-/m1/s1. The molecule has 0 aromatic carbocycles. The highest BCUT2D eigenvalue weighted by atomic mass is 16.3. The van der Waals surface area contributed by atoms with E-state index in [1.807, 2.05) is 0 Å². The lowest BCUT2D eigenvalue weighted by Crippen LogP contribution is -2.40. The number of hydrogen-bond donors (Lipinski definition) is 1. The minimum Gasteiger partial charge on any atom is -0.393 e. The summed E-state index contributed by atoms with van der Waals surface area (Å²) >= 11 is 0. The van der Waals surface area contributed by atoms with Crippen LogP contribution in [0.2, 0.25) is 0 Å². The fourth-order valence-corrected chi connectivity index (χ4v) is 3.11. The third-order valence-electron chi connectivity index (χ3n) is 3.88. The van der Waals surface area contributed by atoms with Crippen LogP contribution in [0.1, 0.15) is 44.9 Å². The lowest BCUT2D eigenvalue weighted by Gasteiger charge is -2.44. The van der Waals surface area contributed by atoms with Crippen molar-refractivity contribution in [3.05, 3.63) is 0 Å². The van der Waals surface area contributed by atoms with Crippen molar-refractivity contribution >= 4 is 0 Å². The van der Waals surface area contributed by atoms with E-state index in [9.17, 15) is 10.4 Å². The van der Waals surface area contributed by atoms with Crippen molar-refractivity contribution in [3.63, 3.8) is 0 Å². The molecule has 0 aromatic rings. The van der Waals surface area contributed by atoms with Crippen molar-refractivity contribution in [2.24, 2.45) is 11.3 Å². The highest BCUT2D eigenvalue weighted by Crippen LogP contribution is 2.49. The molecule has 0 aromatic heterocycles. The molecule has 2 aliphatic carbocycles. The molecular weight excluding hydrogens is 162 g/mol. The van der Waals surface area contributed by atoms with E-state index < -0.39 is 0 Å². The smallest absolute Gasteiger partial charge is 0.0693 e. The number of aliphatic hydroxyl groups is 1. The first kappa shape index (κ1) is 9.02. The van der Waals surface area contributed by atoms with E-state index in [1.165, 1.54) is 19.3 Å². The largest absolute Gasteiger partial charge is 0.393 e. The molecule has 0 unspecified atom stereocenters. The average Bonchev–Trinajstić information content (AvgIpc) is 2.17. The lowest BCUT2D eigenvalue weighted by atomic mass is 9.59. The number of nitrogens with zero attached hydrogens (tertiary/aromatic N) is 1. The molecule has 1 N–H and O–H groups in total. The molecule has 0 amide bonds. The maximum absolute atomic E-state index is 9.59. The van der Waals surface area contributed by atoms with E-state index in [-0.39, 0.29) is 11.5 Å². The number of fused-ring (bicyclic) bond motifs is 1. The molecule has 2 aliphatic rings. The molecule has 2 nitrogen and oxygen atoms in total. The van der Waals surface area contributed by atoms with Crippen LogP contribution in [-0.2, 0) is 0 Å². The summed E-state index contributed by atoms with van der Waals surface area (Å²) in [5, 5.41) is 18.8. The zero-order valence-electron chi connectivity index (χ0n) is 8.00. The Hall–Kier alpha value is -0.550. The summed E-state index contributed by atoms with van der Waals surface area (Å²) < 4.78 is 0. The Morgan fingerprint density at radius 2 is 2.08 bits per heavy atom. The van der Waals surface area contributed by atoms with Crippen molar-refractivity contribution in [3.8, 4) is 6.07 Å². The van der Waals surface area contributed by atoms with Crippen molar-refractivity contribution in [2.45, 2.75) is 51.0 Å². The summed E-state index contributed by atoms with van der Waals surface area (Å²) in [5.74, 6) is 0.578. The molecule has 13 heavy (non-hydrogen) atoms. The van der Waals surface area contributed by atoms with Gasteiger partial charge >= 0.3 is 0 Å². The van der Waals surface area contributed by atoms with Gasteiger partial charge in [-0.15, -0.1) is 0 Å². The molecule has 72 valence electrons. The second-order valence-corrected chi connectivity index (χ2v) is 4.65. The second kappa shape index (κ2) is 3.31. The van der Waals surface area contributed by atoms with Crippen LogP contribution in [0, 0.1) is 22.7 Å². The van der Waals surface area contributed by atoms with Crippen molar-refractivity contribution in [1.29, 1.82) is 5.26 Å². The van der Waals surface area contributed by atoms with Gasteiger partial charge < -0.3 is 5.11 Å². The summed E-state index contributed by atoms with van der Waals surface area (Å²) in [7, 11) is 0. The number of rotatable bonds is 0. The molecule has 2 heteroatoms. The summed E-state index contributed by atoms with van der Waals surface area (Å²) in [6, 6.07) is 2.49. The number of aliphatic hydroxyl groups excluding tert-OH is 1. The van der Waals surface area contributed by atoms with Crippen molar-refractivity contribution in [2.75, 3.05) is 0 Å². The van der Waals surface area contributed by atoms with E-state index in [2.05, 4.69) is 6.07 Å². The van der Waals surface area contributed by atoms with Gasteiger partial charge in [0.2, 0.25) is 0 Å². The van der Waals surface area contributed by atoms with Gasteiger partial charge in [0.05, 0.1) is 17.6 Å². The first-order chi connectivity index (χ1) is 6.27. The van der Waals surface area contributed by atoms with Gasteiger partial charge in [-0.3, -0.25) is 0 Å². The van der Waals surface area contributed by atoms with E-state index in [1.54, 1.807) is 0 Å². The van der Waals surface area contributed by atoms with Crippen LogP contribution >= 0.6 is 0 Å². The van der Waals surface area contributed by atoms with Gasteiger partial charge in [-0.05, 0) is 38.0 Å². The van der Waals surface area contributed by atoms with Gasteiger partial charge in [-0.25, -0.2) is 0 Å². The Balaban J connectivity index is 2.18. The van der Waals surface area contributed by atoms with Gasteiger partial charge in [-0.1, -0.05) is 12.8 Å². The Bertz CT molecular complexity index is 233. The number of nitriles is 1. The maximum Gasteiger partial charge on any atom is 0.0693 e. The van der Waals surface area contributed by atoms with Crippen molar-refractivity contribution in [1.82, 2.24) is 0 Å². The van der Waals surface area contributed by atoms with E-state index >= 15 is 0 Å². The van der Waals surface area contributed by atoms with Crippen LogP contribution in [-0.4, -0.2) is 11.2 Å². The van der Waals surface area contributed by atoms with Crippen LogP contribution in [0.4, 0.5) is 0 Å². The predicted octanol–water partition coefficient (Wildman–Crippen LogP) is 2.23. The predicted molar refractivity (Wildman–Crippen MR) is 49.9 cm³/mol. The van der Waals surface area contributed by atoms with Gasteiger partial charge in [0.1, 0.15) is 0 Å². The Morgan fingerprint density at radius 3 is 2.85 bits per heavy atom. The maximum atomic E-state index is 9.59. The molecule has 2 saturated carbocycles. The normalized spacial score (nSPS) is 44.9. The molecule has 0 aliphatic heterocycles. The zero-order chi connectivity index (χ0) is 9.31. The molecule has 0 bridgehead atoms.